The molecule has 3 heterocycles. The van der Waals surface area contributed by atoms with Gasteiger partial charge in [-0.1, -0.05) is 29.4 Å². The van der Waals surface area contributed by atoms with E-state index in [0.717, 1.165) is 34.6 Å². The number of sulfonamides is 1. The lowest BCUT2D eigenvalue weighted by Gasteiger charge is -2.34. The van der Waals surface area contributed by atoms with Crippen molar-refractivity contribution >= 4 is 54.2 Å². The number of hydrogen-bond acceptors (Lipinski definition) is 7. The maximum atomic E-state index is 13.1. The van der Waals surface area contributed by atoms with Crippen LogP contribution < -0.4 is 9.64 Å². The van der Waals surface area contributed by atoms with Gasteiger partial charge in [-0.3, -0.25) is 4.79 Å². The average Bonchev–Trinajstić information content (AvgIpc) is 3.36. The van der Waals surface area contributed by atoms with Gasteiger partial charge in [-0.15, -0.1) is 0 Å². The number of hydrogen-bond donors (Lipinski definition) is 0. The van der Waals surface area contributed by atoms with Crippen LogP contribution in [0.1, 0.15) is 29.6 Å². The molecule has 0 saturated carbocycles. The number of amides is 1. The third-order valence-corrected chi connectivity index (χ3v) is 10.0. The number of carbonyl (C=O) groups is 1. The van der Waals surface area contributed by atoms with Crippen molar-refractivity contribution in [3.8, 4) is 5.75 Å². The highest BCUT2D eigenvalue weighted by molar-refractivity contribution is 7.89. The van der Waals surface area contributed by atoms with Crippen molar-refractivity contribution in [2.45, 2.75) is 24.2 Å². The summed E-state index contributed by atoms with van der Waals surface area (Å²) in [6.45, 7) is 3.50. The van der Waals surface area contributed by atoms with Gasteiger partial charge in [-0.05, 0) is 49.2 Å². The maximum absolute atomic E-state index is 13.1. The molecule has 2 aliphatic rings. The molecule has 1 amide bonds. The number of piperazine rings is 1. The molecule has 8 nitrogen and oxygen atoms in total. The minimum atomic E-state index is -3.51. The van der Waals surface area contributed by atoms with E-state index in [0.29, 0.717) is 55.6 Å². The SMILES string of the molecule is COc1ccc(Cl)c2sc(N3CCN(C(=O)c4ccc(S(=O)(=O)N5CCCCC5)cc4)CC3)nc12. The molecule has 0 bridgehead atoms. The molecular weight excluding hydrogens is 508 g/mol. The number of piperidine rings is 1. The van der Waals surface area contributed by atoms with Crippen LogP contribution in [-0.2, 0) is 10.0 Å². The summed E-state index contributed by atoms with van der Waals surface area (Å²) >= 11 is 7.88. The fourth-order valence-electron chi connectivity index (χ4n) is 4.55. The largest absolute Gasteiger partial charge is 0.494 e. The van der Waals surface area contributed by atoms with Crippen LogP contribution in [0.15, 0.2) is 41.3 Å². The van der Waals surface area contributed by atoms with Crippen molar-refractivity contribution in [3.05, 3.63) is 47.0 Å². The molecule has 0 atom stereocenters. The Bertz CT molecular complexity index is 1330. The summed E-state index contributed by atoms with van der Waals surface area (Å²) in [7, 11) is -1.90. The van der Waals surface area contributed by atoms with Crippen LogP contribution in [0.2, 0.25) is 5.02 Å². The normalized spacial score (nSPS) is 17.7. The molecule has 0 unspecified atom stereocenters. The second-order valence-electron chi connectivity index (χ2n) is 8.69. The van der Waals surface area contributed by atoms with Crippen molar-refractivity contribution in [2.24, 2.45) is 0 Å². The first kappa shape index (κ1) is 24.3. The highest BCUT2D eigenvalue weighted by Gasteiger charge is 2.28. The standard InChI is InChI=1S/C24H27ClN4O4S2/c1-33-20-10-9-19(25)22-21(20)26-24(34-22)28-15-13-27(14-16-28)23(30)17-5-7-18(8-6-17)35(31,32)29-11-3-2-4-12-29/h5-10H,2-4,11-16H2,1H3. The molecule has 35 heavy (non-hydrogen) atoms. The van der Waals surface area contributed by atoms with E-state index in [1.807, 2.05) is 12.1 Å². The lowest BCUT2D eigenvalue weighted by atomic mass is 10.2. The zero-order valence-electron chi connectivity index (χ0n) is 19.4. The van der Waals surface area contributed by atoms with Gasteiger partial charge in [0.2, 0.25) is 10.0 Å². The number of ether oxygens (including phenoxy) is 1. The molecule has 5 rings (SSSR count). The Morgan fingerprint density at radius 1 is 0.971 bits per heavy atom. The second kappa shape index (κ2) is 9.93. The number of rotatable bonds is 5. The molecule has 1 aromatic heterocycles. The molecule has 2 saturated heterocycles. The number of halogens is 1. The van der Waals surface area contributed by atoms with E-state index in [1.54, 1.807) is 36.3 Å². The molecular formula is C24H27ClN4O4S2. The average molecular weight is 535 g/mol. The molecule has 2 aliphatic heterocycles. The molecule has 0 radical (unpaired) electrons. The van der Waals surface area contributed by atoms with Crippen molar-refractivity contribution in [1.29, 1.82) is 0 Å². The van der Waals surface area contributed by atoms with Gasteiger partial charge in [-0.25, -0.2) is 13.4 Å². The fourth-order valence-corrected chi connectivity index (χ4v) is 7.37. The van der Waals surface area contributed by atoms with Gasteiger partial charge < -0.3 is 14.5 Å². The number of nitrogens with zero attached hydrogens (tertiary/aromatic N) is 4. The molecule has 2 fully saturated rings. The molecule has 0 N–H and O–H groups in total. The molecule has 3 aromatic rings. The van der Waals surface area contributed by atoms with Crippen LogP contribution in [0.5, 0.6) is 5.75 Å². The minimum Gasteiger partial charge on any atom is -0.494 e. The topological polar surface area (TPSA) is 83.0 Å². The first-order valence-electron chi connectivity index (χ1n) is 11.7. The molecule has 11 heteroatoms. The van der Waals surface area contributed by atoms with Crippen LogP contribution >= 0.6 is 22.9 Å². The summed E-state index contributed by atoms with van der Waals surface area (Å²) in [5, 5.41) is 1.50. The quantitative estimate of drug-likeness (QED) is 0.490. The monoisotopic (exact) mass is 534 g/mol. The number of aromatic nitrogens is 1. The highest BCUT2D eigenvalue weighted by atomic mass is 35.5. The van der Waals surface area contributed by atoms with E-state index in [9.17, 15) is 13.2 Å². The van der Waals surface area contributed by atoms with Crippen LogP contribution in [0.4, 0.5) is 5.13 Å². The van der Waals surface area contributed by atoms with E-state index in [2.05, 4.69) is 4.90 Å². The Labute approximate surface area is 214 Å². The zero-order chi connectivity index (χ0) is 24.6. The summed E-state index contributed by atoms with van der Waals surface area (Å²) in [6.07, 6.45) is 2.84. The predicted molar refractivity (Wildman–Crippen MR) is 138 cm³/mol. The third kappa shape index (κ3) is 4.72. The van der Waals surface area contributed by atoms with Crippen LogP contribution in [0, 0.1) is 0 Å². The fraction of sp³-hybridized carbons (Fsp3) is 0.417. The van der Waals surface area contributed by atoms with E-state index >= 15 is 0 Å². The number of thiazole rings is 1. The molecule has 186 valence electrons. The van der Waals surface area contributed by atoms with E-state index < -0.39 is 10.0 Å². The van der Waals surface area contributed by atoms with Crippen molar-refractivity contribution < 1.29 is 17.9 Å². The molecule has 2 aromatic carbocycles. The van der Waals surface area contributed by atoms with Crippen molar-refractivity contribution in [3.63, 3.8) is 0 Å². The smallest absolute Gasteiger partial charge is 0.253 e. The maximum Gasteiger partial charge on any atom is 0.253 e. The number of anilines is 1. The van der Waals surface area contributed by atoms with E-state index in [1.165, 1.54) is 15.6 Å². The zero-order valence-corrected chi connectivity index (χ0v) is 21.8. The number of methoxy groups -OCH3 is 1. The Balaban J connectivity index is 1.25. The van der Waals surface area contributed by atoms with Gasteiger partial charge in [0.1, 0.15) is 11.3 Å². The van der Waals surface area contributed by atoms with Gasteiger partial charge in [0.05, 0.1) is 21.7 Å². The second-order valence-corrected chi connectivity index (χ2v) is 12.0. The Kier molecular flexibility index (Phi) is 6.89. The Morgan fingerprint density at radius 2 is 1.66 bits per heavy atom. The van der Waals surface area contributed by atoms with Gasteiger partial charge in [0, 0.05) is 44.8 Å². The van der Waals surface area contributed by atoms with Gasteiger partial charge in [0.25, 0.3) is 5.91 Å². The van der Waals surface area contributed by atoms with Gasteiger partial charge >= 0.3 is 0 Å². The van der Waals surface area contributed by atoms with Gasteiger partial charge in [-0.2, -0.15) is 4.31 Å². The predicted octanol–water partition coefficient (Wildman–Crippen LogP) is 4.10. The van der Waals surface area contributed by atoms with Crippen LogP contribution in [0.25, 0.3) is 10.2 Å². The summed E-state index contributed by atoms with van der Waals surface area (Å²) in [5.41, 5.74) is 1.24. The summed E-state index contributed by atoms with van der Waals surface area (Å²) in [4.78, 5) is 22.0. The van der Waals surface area contributed by atoms with Crippen molar-refractivity contribution in [1.82, 2.24) is 14.2 Å². The summed E-state index contributed by atoms with van der Waals surface area (Å²) in [5.74, 6) is 0.590. The third-order valence-electron chi connectivity index (χ3n) is 6.56. The molecule has 0 spiro atoms. The first-order chi connectivity index (χ1) is 16.9. The highest BCUT2D eigenvalue weighted by Crippen LogP contribution is 2.38. The van der Waals surface area contributed by atoms with E-state index in [4.69, 9.17) is 21.3 Å². The van der Waals surface area contributed by atoms with Gasteiger partial charge in [0.15, 0.2) is 5.13 Å². The molecule has 0 aliphatic carbocycles. The number of carbonyl (C=O) groups excluding carboxylic acids is 1. The summed E-state index contributed by atoms with van der Waals surface area (Å²) < 4.78 is 33.6. The minimum absolute atomic E-state index is 0.0967. The van der Waals surface area contributed by atoms with Crippen molar-refractivity contribution in [2.75, 3.05) is 51.3 Å². The Hall–Kier alpha value is -2.40. The lowest BCUT2D eigenvalue weighted by Crippen LogP contribution is -2.48. The van der Waals surface area contributed by atoms with E-state index in [-0.39, 0.29) is 10.8 Å². The lowest BCUT2D eigenvalue weighted by molar-refractivity contribution is 0.0746. The van der Waals surface area contributed by atoms with Crippen LogP contribution in [-0.4, -0.2) is 74.9 Å². The summed E-state index contributed by atoms with van der Waals surface area (Å²) in [6, 6.07) is 9.95. The Morgan fingerprint density at radius 3 is 2.31 bits per heavy atom. The van der Waals surface area contributed by atoms with Crippen LogP contribution in [0.3, 0.4) is 0 Å². The number of benzene rings is 2. The number of fused-ring (bicyclic) bond motifs is 1. The first-order valence-corrected chi connectivity index (χ1v) is 14.3.